The van der Waals surface area contributed by atoms with Crippen molar-refractivity contribution in [1.82, 2.24) is 5.32 Å². The summed E-state index contributed by atoms with van der Waals surface area (Å²) >= 11 is 0. The highest BCUT2D eigenvalue weighted by molar-refractivity contribution is 7.91. The molecule has 1 N–H and O–H groups in total. The summed E-state index contributed by atoms with van der Waals surface area (Å²) in [6.07, 6.45) is 0. The van der Waals surface area contributed by atoms with Crippen LogP contribution in [0.5, 0.6) is 17.2 Å². The van der Waals surface area contributed by atoms with Crippen LogP contribution < -0.4 is 19.5 Å². The van der Waals surface area contributed by atoms with E-state index >= 15 is 0 Å². The summed E-state index contributed by atoms with van der Waals surface area (Å²) in [5.41, 5.74) is 0.926. The molecule has 1 aromatic carbocycles. The number of benzene rings is 1. The van der Waals surface area contributed by atoms with Crippen molar-refractivity contribution in [3.63, 3.8) is 0 Å². The summed E-state index contributed by atoms with van der Waals surface area (Å²) in [5, 5.41) is 3.22. The van der Waals surface area contributed by atoms with Gasteiger partial charge in [0.25, 0.3) is 0 Å². The third-order valence-corrected chi connectivity index (χ3v) is 4.88. The van der Waals surface area contributed by atoms with E-state index in [1.165, 1.54) is 0 Å². The first-order valence-electron chi connectivity index (χ1n) is 7.02. The molecule has 0 unspecified atom stereocenters. The molecule has 118 valence electrons. The molecule has 1 heterocycles. The highest BCUT2D eigenvalue weighted by Gasteiger charge is 2.18. The van der Waals surface area contributed by atoms with Crippen LogP contribution in [0.2, 0.25) is 0 Å². The average molecular weight is 315 g/mol. The van der Waals surface area contributed by atoms with Crippen molar-refractivity contribution in [3.05, 3.63) is 17.7 Å². The molecule has 1 aliphatic heterocycles. The first kappa shape index (κ1) is 15.9. The topological polar surface area (TPSA) is 73.9 Å². The molecule has 0 saturated heterocycles. The fourth-order valence-electron chi connectivity index (χ4n) is 1.92. The van der Waals surface area contributed by atoms with E-state index in [4.69, 9.17) is 14.2 Å². The van der Waals surface area contributed by atoms with E-state index in [0.717, 1.165) is 12.1 Å². The van der Waals surface area contributed by atoms with Crippen LogP contribution in [0.4, 0.5) is 0 Å². The van der Waals surface area contributed by atoms with Gasteiger partial charge in [-0.15, -0.1) is 0 Å². The summed E-state index contributed by atoms with van der Waals surface area (Å²) in [5.74, 6) is 2.09. The normalized spacial score (nSPS) is 13.4. The van der Waals surface area contributed by atoms with Gasteiger partial charge in [-0.25, -0.2) is 8.42 Å². The number of hydrogen-bond acceptors (Lipinski definition) is 6. The van der Waals surface area contributed by atoms with Crippen molar-refractivity contribution in [3.8, 4) is 17.2 Å². The Kier molecular flexibility index (Phi) is 5.30. The van der Waals surface area contributed by atoms with Gasteiger partial charge in [-0.2, -0.15) is 0 Å². The molecule has 2 rings (SSSR count). The number of hydrogen-bond donors (Lipinski definition) is 1. The van der Waals surface area contributed by atoms with Gasteiger partial charge in [0.05, 0.1) is 5.75 Å². The van der Waals surface area contributed by atoms with E-state index in [0.29, 0.717) is 23.8 Å². The number of sulfone groups is 1. The smallest absolute Gasteiger partial charge is 0.231 e. The van der Waals surface area contributed by atoms with Crippen molar-refractivity contribution in [2.75, 3.05) is 31.5 Å². The maximum atomic E-state index is 11.5. The van der Waals surface area contributed by atoms with Crippen LogP contribution in [0, 0.1) is 0 Å². The second-order valence-electron chi connectivity index (χ2n) is 4.68. The van der Waals surface area contributed by atoms with Crippen molar-refractivity contribution in [1.29, 1.82) is 0 Å². The van der Waals surface area contributed by atoms with Gasteiger partial charge < -0.3 is 19.5 Å². The lowest BCUT2D eigenvalue weighted by molar-refractivity contribution is 0.173. The third kappa shape index (κ3) is 4.25. The zero-order chi connectivity index (χ0) is 15.3. The molecule has 0 aliphatic carbocycles. The fourth-order valence-corrected chi connectivity index (χ4v) is 2.55. The van der Waals surface area contributed by atoms with Gasteiger partial charge in [0.2, 0.25) is 6.79 Å². The standard InChI is InChI=1S/C14H21NO5S/c1-3-15-9-11-7-13-14(20-10-19-13)8-12(11)18-5-6-21(16,17)4-2/h7-8,15H,3-6,9-10H2,1-2H3. The maximum absolute atomic E-state index is 11.5. The number of nitrogens with one attached hydrogen (secondary N) is 1. The maximum Gasteiger partial charge on any atom is 0.231 e. The Bertz CT molecular complexity index is 585. The lowest BCUT2D eigenvalue weighted by atomic mass is 10.1. The largest absolute Gasteiger partial charge is 0.492 e. The zero-order valence-corrected chi connectivity index (χ0v) is 13.2. The van der Waals surface area contributed by atoms with E-state index in [9.17, 15) is 8.42 Å². The second-order valence-corrected chi connectivity index (χ2v) is 7.15. The van der Waals surface area contributed by atoms with Crippen LogP contribution >= 0.6 is 0 Å². The van der Waals surface area contributed by atoms with Crippen LogP contribution in [0.1, 0.15) is 19.4 Å². The van der Waals surface area contributed by atoms with Crippen LogP contribution in [0.3, 0.4) is 0 Å². The monoisotopic (exact) mass is 315 g/mol. The lowest BCUT2D eigenvalue weighted by Gasteiger charge is -2.13. The fraction of sp³-hybridized carbons (Fsp3) is 0.571. The van der Waals surface area contributed by atoms with Crippen LogP contribution in [0.15, 0.2) is 12.1 Å². The van der Waals surface area contributed by atoms with Gasteiger partial charge in [0.1, 0.15) is 12.4 Å². The molecule has 0 bridgehead atoms. The van der Waals surface area contributed by atoms with Crippen LogP contribution in [0.25, 0.3) is 0 Å². The quantitative estimate of drug-likeness (QED) is 0.780. The van der Waals surface area contributed by atoms with Crippen molar-refractivity contribution >= 4 is 9.84 Å². The highest BCUT2D eigenvalue weighted by Crippen LogP contribution is 2.38. The number of fused-ring (bicyclic) bond motifs is 1. The Morgan fingerprint density at radius 1 is 1.24 bits per heavy atom. The summed E-state index contributed by atoms with van der Waals surface area (Å²) in [6, 6.07) is 3.63. The minimum absolute atomic E-state index is 0.0125. The Balaban J connectivity index is 2.09. The molecule has 0 saturated carbocycles. The van der Waals surface area contributed by atoms with Gasteiger partial charge >= 0.3 is 0 Å². The predicted octanol–water partition coefficient (Wildman–Crippen LogP) is 1.34. The minimum atomic E-state index is -3.03. The van der Waals surface area contributed by atoms with E-state index < -0.39 is 9.84 Å². The van der Waals surface area contributed by atoms with E-state index in [1.54, 1.807) is 13.0 Å². The molecule has 1 aromatic rings. The molecule has 0 radical (unpaired) electrons. The Labute approximate surface area is 125 Å². The van der Waals surface area contributed by atoms with E-state index in [2.05, 4.69) is 5.32 Å². The van der Waals surface area contributed by atoms with Gasteiger partial charge in [-0.1, -0.05) is 13.8 Å². The minimum Gasteiger partial charge on any atom is -0.492 e. The number of ether oxygens (including phenoxy) is 3. The first-order valence-corrected chi connectivity index (χ1v) is 8.84. The second kappa shape index (κ2) is 7.00. The molecule has 21 heavy (non-hydrogen) atoms. The molecule has 6 nitrogen and oxygen atoms in total. The summed E-state index contributed by atoms with van der Waals surface area (Å²) in [6.45, 7) is 5.44. The summed E-state index contributed by atoms with van der Waals surface area (Å²) < 4.78 is 39.3. The molecule has 0 atom stereocenters. The lowest BCUT2D eigenvalue weighted by Crippen LogP contribution is -2.17. The molecule has 0 aromatic heterocycles. The molecule has 0 fully saturated rings. The van der Waals surface area contributed by atoms with Crippen molar-refractivity contribution < 1.29 is 22.6 Å². The van der Waals surface area contributed by atoms with Gasteiger partial charge in [-0.3, -0.25) is 0 Å². The molecule has 1 aliphatic rings. The van der Waals surface area contributed by atoms with Crippen molar-refractivity contribution in [2.45, 2.75) is 20.4 Å². The highest BCUT2D eigenvalue weighted by atomic mass is 32.2. The Morgan fingerprint density at radius 2 is 1.95 bits per heavy atom. The van der Waals surface area contributed by atoms with Crippen LogP contribution in [-0.2, 0) is 16.4 Å². The zero-order valence-electron chi connectivity index (χ0n) is 12.3. The molecule has 7 heteroatoms. The van der Waals surface area contributed by atoms with Gasteiger partial charge in [-0.05, 0) is 12.6 Å². The Morgan fingerprint density at radius 3 is 2.62 bits per heavy atom. The molecular formula is C14H21NO5S. The third-order valence-electron chi connectivity index (χ3n) is 3.21. The summed E-state index contributed by atoms with van der Waals surface area (Å²) in [4.78, 5) is 0. The predicted molar refractivity (Wildman–Crippen MR) is 79.8 cm³/mol. The molecule has 0 amide bonds. The molecule has 0 spiro atoms. The summed E-state index contributed by atoms with van der Waals surface area (Å²) in [7, 11) is -3.03. The Hall–Kier alpha value is -1.47. The number of rotatable bonds is 8. The SMILES string of the molecule is CCNCc1cc2c(cc1OCCS(=O)(=O)CC)OCO2. The van der Waals surface area contributed by atoms with Gasteiger partial charge in [0, 0.05) is 23.9 Å². The van der Waals surface area contributed by atoms with E-state index in [1.807, 2.05) is 13.0 Å². The average Bonchev–Trinajstić information content (AvgIpc) is 2.91. The van der Waals surface area contributed by atoms with Crippen LogP contribution in [-0.4, -0.2) is 39.9 Å². The van der Waals surface area contributed by atoms with E-state index in [-0.39, 0.29) is 24.9 Å². The van der Waals surface area contributed by atoms with Crippen molar-refractivity contribution in [2.24, 2.45) is 0 Å². The van der Waals surface area contributed by atoms with Gasteiger partial charge in [0.15, 0.2) is 21.3 Å². The first-order chi connectivity index (χ1) is 10.1. The molecular weight excluding hydrogens is 294 g/mol.